The predicted octanol–water partition coefficient (Wildman–Crippen LogP) is 0.320. The summed E-state index contributed by atoms with van der Waals surface area (Å²) in [5.41, 5.74) is 0. The van der Waals surface area contributed by atoms with Crippen LogP contribution in [-0.2, 0) is 14.4 Å². The molecule has 1 atom stereocenters. The molecule has 8 heteroatoms. The zero-order chi connectivity index (χ0) is 14.0. The van der Waals surface area contributed by atoms with Gasteiger partial charge in [-0.15, -0.1) is 23.2 Å². The molecule has 2 amide bonds. The monoisotopic (exact) mass is 298 g/mol. The van der Waals surface area contributed by atoms with Gasteiger partial charge in [0.1, 0.15) is 17.8 Å². The van der Waals surface area contributed by atoms with E-state index in [0.29, 0.717) is 19.4 Å². The van der Waals surface area contributed by atoms with E-state index in [-0.39, 0.29) is 24.1 Å². The maximum atomic E-state index is 11.0. The van der Waals surface area contributed by atoms with Crippen molar-refractivity contribution in [2.45, 2.75) is 25.3 Å². The molecule has 3 N–H and O–H groups in total. The summed E-state index contributed by atoms with van der Waals surface area (Å²) in [6, 6.07) is -0.944. The summed E-state index contributed by atoms with van der Waals surface area (Å²) in [7, 11) is 0. The number of alkyl halides is 2. The summed E-state index contributed by atoms with van der Waals surface area (Å²) < 4.78 is 0. The molecular formula is C10H16Cl2N2O4. The van der Waals surface area contributed by atoms with Crippen LogP contribution in [0.15, 0.2) is 0 Å². The van der Waals surface area contributed by atoms with Crippen LogP contribution in [-0.4, -0.2) is 47.2 Å². The van der Waals surface area contributed by atoms with Crippen molar-refractivity contribution in [3.05, 3.63) is 0 Å². The first-order valence-corrected chi connectivity index (χ1v) is 6.49. The van der Waals surface area contributed by atoms with Crippen LogP contribution in [0.4, 0.5) is 0 Å². The van der Waals surface area contributed by atoms with Crippen molar-refractivity contribution < 1.29 is 19.5 Å². The maximum absolute atomic E-state index is 11.0. The fraction of sp³-hybridized carbons (Fsp3) is 0.700. The number of hydrogen-bond acceptors (Lipinski definition) is 3. The maximum Gasteiger partial charge on any atom is 0.326 e. The highest BCUT2D eigenvalue weighted by molar-refractivity contribution is 6.27. The summed E-state index contributed by atoms with van der Waals surface area (Å²) in [6.45, 7) is 0.432. The van der Waals surface area contributed by atoms with Gasteiger partial charge >= 0.3 is 5.97 Å². The zero-order valence-corrected chi connectivity index (χ0v) is 11.3. The Labute approximate surface area is 115 Å². The van der Waals surface area contributed by atoms with Gasteiger partial charge in [-0.3, -0.25) is 9.59 Å². The standard InChI is InChI=1S/C10H16Cl2N2O4/c11-5-8(15)13-4-2-1-3-7(10(17)18)14-9(16)6-12/h7H,1-6H2,(H,13,15)(H,14,16)(H,17,18)/t7-/m0/s1. The van der Waals surface area contributed by atoms with Crippen LogP contribution < -0.4 is 10.6 Å². The van der Waals surface area contributed by atoms with Crippen LogP contribution in [0, 0.1) is 0 Å². The average Bonchev–Trinajstić information content (AvgIpc) is 2.35. The van der Waals surface area contributed by atoms with Crippen molar-refractivity contribution >= 4 is 41.0 Å². The van der Waals surface area contributed by atoms with Crippen molar-refractivity contribution in [3.63, 3.8) is 0 Å². The van der Waals surface area contributed by atoms with Crippen LogP contribution in [0.3, 0.4) is 0 Å². The first-order chi connectivity index (χ1) is 8.51. The lowest BCUT2D eigenvalue weighted by Gasteiger charge is -2.13. The molecule has 104 valence electrons. The SMILES string of the molecule is O=C(CCl)NCCCC[C@H](NC(=O)CCl)C(=O)O. The highest BCUT2D eigenvalue weighted by Gasteiger charge is 2.18. The second kappa shape index (κ2) is 9.96. The minimum Gasteiger partial charge on any atom is -0.480 e. The molecule has 0 unspecified atom stereocenters. The molecule has 0 saturated carbocycles. The molecule has 0 saturated heterocycles. The van der Waals surface area contributed by atoms with Gasteiger partial charge in [-0.1, -0.05) is 0 Å². The predicted molar refractivity (Wildman–Crippen MR) is 67.9 cm³/mol. The van der Waals surface area contributed by atoms with Gasteiger partial charge in [0, 0.05) is 6.54 Å². The van der Waals surface area contributed by atoms with E-state index >= 15 is 0 Å². The second-order valence-corrected chi connectivity index (χ2v) is 4.11. The summed E-state index contributed by atoms with van der Waals surface area (Å²) in [5, 5.41) is 13.7. The van der Waals surface area contributed by atoms with Gasteiger partial charge in [-0.2, -0.15) is 0 Å². The number of nitrogens with one attached hydrogen (secondary N) is 2. The van der Waals surface area contributed by atoms with Crippen molar-refractivity contribution in [1.29, 1.82) is 0 Å². The average molecular weight is 299 g/mol. The Hall–Kier alpha value is -1.01. The number of unbranched alkanes of at least 4 members (excludes halogenated alkanes) is 1. The van der Waals surface area contributed by atoms with Crippen LogP contribution >= 0.6 is 23.2 Å². The van der Waals surface area contributed by atoms with E-state index in [0.717, 1.165) is 0 Å². The smallest absolute Gasteiger partial charge is 0.326 e. The van der Waals surface area contributed by atoms with Gasteiger partial charge in [0.05, 0.1) is 0 Å². The number of hydrogen-bond donors (Lipinski definition) is 3. The summed E-state index contributed by atoms with van der Waals surface area (Å²) in [5.74, 6) is -2.24. The van der Waals surface area contributed by atoms with Crippen molar-refractivity contribution in [2.75, 3.05) is 18.3 Å². The number of carbonyl (C=O) groups is 3. The highest BCUT2D eigenvalue weighted by atomic mass is 35.5. The Morgan fingerprint density at radius 3 is 2.17 bits per heavy atom. The molecule has 0 bridgehead atoms. The molecule has 18 heavy (non-hydrogen) atoms. The minimum atomic E-state index is -1.10. The van der Waals surface area contributed by atoms with Crippen LogP contribution in [0.5, 0.6) is 0 Å². The number of carboxylic acid groups (broad SMARTS) is 1. The number of amides is 2. The number of carbonyl (C=O) groups excluding carboxylic acids is 2. The van der Waals surface area contributed by atoms with E-state index in [1.807, 2.05) is 0 Å². The molecule has 0 aliphatic heterocycles. The van der Waals surface area contributed by atoms with E-state index in [1.54, 1.807) is 0 Å². The normalized spacial score (nSPS) is 11.7. The minimum absolute atomic E-state index is 0.0937. The Balaban J connectivity index is 3.81. The topological polar surface area (TPSA) is 95.5 Å². The largest absolute Gasteiger partial charge is 0.480 e. The van der Waals surface area contributed by atoms with Gasteiger partial charge in [-0.25, -0.2) is 4.79 Å². The fourth-order valence-electron chi connectivity index (χ4n) is 1.24. The second-order valence-electron chi connectivity index (χ2n) is 3.57. The highest BCUT2D eigenvalue weighted by Crippen LogP contribution is 2.01. The molecular weight excluding hydrogens is 283 g/mol. The third-order valence-electron chi connectivity index (χ3n) is 2.12. The molecule has 0 heterocycles. The van der Waals surface area contributed by atoms with Gasteiger partial charge in [-0.05, 0) is 19.3 Å². The molecule has 6 nitrogen and oxygen atoms in total. The number of rotatable bonds is 9. The number of carboxylic acids is 1. The van der Waals surface area contributed by atoms with E-state index in [9.17, 15) is 14.4 Å². The van der Waals surface area contributed by atoms with Gasteiger partial charge in [0.2, 0.25) is 11.8 Å². The first-order valence-electron chi connectivity index (χ1n) is 5.42. The van der Waals surface area contributed by atoms with Gasteiger partial charge in [0.25, 0.3) is 0 Å². The Kier molecular flexibility index (Phi) is 9.40. The lowest BCUT2D eigenvalue weighted by Crippen LogP contribution is -2.41. The summed E-state index contributed by atoms with van der Waals surface area (Å²) >= 11 is 10.6. The lowest BCUT2D eigenvalue weighted by atomic mass is 10.1. The zero-order valence-electron chi connectivity index (χ0n) is 9.75. The Bertz CT molecular complexity index is 300. The molecule has 0 spiro atoms. The van der Waals surface area contributed by atoms with Gasteiger partial charge in [0.15, 0.2) is 0 Å². The van der Waals surface area contributed by atoms with Crippen LogP contribution in [0.25, 0.3) is 0 Å². The number of aliphatic carboxylic acids is 1. The quantitative estimate of drug-likeness (QED) is 0.422. The Morgan fingerprint density at radius 2 is 1.67 bits per heavy atom. The van der Waals surface area contributed by atoms with Crippen LogP contribution in [0.1, 0.15) is 19.3 Å². The van der Waals surface area contributed by atoms with E-state index < -0.39 is 17.9 Å². The Morgan fingerprint density at radius 1 is 1.06 bits per heavy atom. The van der Waals surface area contributed by atoms with E-state index in [1.165, 1.54) is 0 Å². The van der Waals surface area contributed by atoms with Crippen molar-refractivity contribution in [1.82, 2.24) is 10.6 Å². The molecule has 0 aromatic heterocycles. The molecule has 0 aromatic carbocycles. The summed E-state index contributed by atoms with van der Waals surface area (Å²) in [4.78, 5) is 32.6. The van der Waals surface area contributed by atoms with E-state index in [4.69, 9.17) is 28.3 Å². The molecule has 0 aliphatic rings. The van der Waals surface area contributed by atoms with Crippen molar-refractivity contribution in [2.24, 2.45) is 0 Å². The molecule has 0 radical (unpaired) electrons. The number of halogens is 2. The third-order valence-corrected chi connectivity index (χ3v) is 2.60. The molecule has 0 aliphatic carbocycles. The fourth-order valence-corrected chi connectivity index (χ4v) is 1.41. The van der Waals surface area contributed by atoms with E-state index in [2.05, 4.69) is 10.6 Å². The molecule has 0 rings (SSSR count). The van der Waals surface area contributed by atoms with Crippen molar-refractivity contribution in [3.8, 4) is 0 Å². The van der Waals surface area contributed by atoms with Crippen LogP contribution in [0.2, 0.25) is 0 Å². The summed E-state index contributed by atoms with van der Waals surface area (Å²) in [6.07, 6.45) is 1.46. The lowest BCUT2D eigenvalue weighted by molar-refractivity contribution is -0.141. The van der Waals surface area contributed by atoms with Gasteiger partial charge < -0.3 is 15.7 Å². The third kappa shape index (κ3) is 8.14. The molecule has 0 fully saturated rings. The molecule has 0 aromatic rings. The first kappa shape index (κ1) is 17.0.